The Morgan fingerprint density at radius 2 is 2.03 bits per heavy atom. The molecule has 0 radical (unpaired) electrons. The van der Waals surface area contributed by atoms with Crippen molar-refractivity contribution < 1.29 is 4.74 Å². The van der Waals surface area contributed by atoms with Gasteiger partial charge in [0.15, 0.2) is 5.96 Å². The Hall–Kier alpha value is -1.32. The number of hydrogen-bond acceptors (Lipinski definition) is 4. The molecule has 2 N–H and O–H groups in total. The van der Waals surface area contributed by atoms with Crippen LogP contribution >= 0.6 is 35.3 Å². The molecule has 0 amide bonds. The van der Waals surface area contributed by atoms with Crippen molar-refractivity contribution in [2.75, 3.05) is 32.8 Å². The van der Waals surface area contributed by atoms with E-state index in [9.17, 15) is 0 Å². The molecule has 1 aromatic heterocycles. The maximum atomic E-state index is 5.79. The van der Waals surface area contributed by atoms with Crippen LogP contribution in [0.3, 0.4) is 0 Å². The van der Waals surface area contributed by atoms with Crippen LogP contribution in [-0.4, -0.2) is 49.7 Å². The third kappa shape index (κ3) is 6.34. The van der Waals surface area contributed by atoms with Gasteiger partial charge in [-0.1, -0.05) is 18.2 Å². The lowest BCUT2D eigenvalue weighted by Gasteiger charge is -2.33. The number of piperidine rings is 1. The number of likely N-dealkylation sites (tertiary alicyclic amines) is 1. The number of para-hydroxylation sites is 1. The molecule has 2 aliphatic heterocycles. The predicted octanol–water partition coefficient (Wildman–Crippen LogP) is 4.45. The second kappa shape index (κ2) is 11.9. The first-order valence-electron chi connectivity index (χ1n) is 10.8. The van der Waals surface area contributed by atoms with E-state index >= 15 is 0 Å². The molecule has 7 heteroatoms. The Morgan fingerprint density at radius 3 is 2.80 bits per heavy atom. The second-order valence-corrected chi connectivity index (χ2v) is 8.70. The number of guanidine groups is 1. The summed E-state index contributed by atoms with van der Waals surface area (Å²) in [5.41, 5.74) is 2.73. The van der Waals surface area contributed by atoms with Gasteiger partial charge in [0.2, 0.25) is 0 Å². The zero-order valence-electron chi connectivity index (χ0n) is 17.7. The van der Waals surface area contributed by atoms with E-state index in [0.717, 1.165) is 70.3 Å². The lowest BCUT2D eigenvalue weighted by atomic mass is 9.93. The number of nitrogens with zero attached hydrogens (tertiary/aromatic N) is 2. The van der Waals surface area contributed by atoms with Crippen molar-refractivity contribution in [3.8, 4) is 5.75 Å². The van der Waals surface area contributed by atoms with E-state index in [2.05, 4.69) is 57.5 Å². The molecule has 1 saturated heterocycles. The zero-order chi connectivity index (χ0) is 19.9. The third-order valence-electron chi connectivity index (χ3n) is 5.81. The summed E-state index contributed by atoms with van der Waals surface area (Å²) in [4.78, 5) is 7.50. The predicted molar refractivity (Wildman–Crippen MR) is 136 cm³/mol. The number of nitrogens with one attached hydrogen (secondary N) is 2. The highest BCUT2D eigenvalue weighted by atomic mass is 127. The average molecular weight is 541 g/mol. The fourth-order valence-corrected chi connectivity index (χ4v) is 4.86. The first kappa shape index (κ1) is 23.3. The number of rotatable bonds is 6. The molecule has 4 rings (SSSR count). The summed E-state index contributed by atoms with van der Waals surface area (Å²) in [5.74, 6) is 2.41. The molecular weight excluding hydrogens is 507 g/mol. The summed E-state index contributed by atoms with van der Waals surface area (Å²) < 4.78 is 5.79. The van der Waals surface area contributed by atoms with Gasteiger partial charge in [-0.15, -0.1) is 24.0 Å². The van der Waals surface area contributed by atoms with Crippen LogP contribution in [0.1, 0.15) is 43.2 Å². The number of hydrogen-bond donors (Lipinski definition) is 2. The van der Waals surface area contributed by atoms with Crippen LogP contribution in [0.2, 0.25) is 0 Å². The standard InChI is InChI=1S/C23H32N4OS.HI/c1-2-24-23(25-15-19-9-13-28-22-6-4-3-5-21(19)22)26-20-7-11-27(12-8-20)16-18-10-14-29-17-18;/h3-6,10,14,17,19-20H,2,7-9,11-13,15-16H2,1H3,(H2,24,25,26);1H. The minimum atomic E-state index is 0. The maximum Gasteiger partial charge on any atom is 0.191 e. The van der Waals surface area contributed by atoms with Crippen molar-refractivity contribution in [2.24, 2.45) is 4.99 Å². The number of fused-ring (bicyclic) bond motifs is 1. The van der Waals surface area contributed by atoms with Crippen LogP contribution in [0.25, 0.3) is 0 Å². The second-order valence-electron chi connectivity index (χ2n) is 7.92. The lowest BCUT2D eigenvalue weighted by Crippen LogP contribution is -2.48. The molecule has 1 aromatic carbocycles. The summed E-state index contributed by atoms with van der Waals surface area (Å²) in [6.45, 7) is 7.95. The number of thiophene rings is 1. The van der Waals surface area contributed by atoms with Crippen molar-refractivity contribution in [3.63, 3.8) is 0 Å². The van der Waals surface area contributed by atoms with Crippen LogP contribution in [0.5, 0.6) is 5.75 Å². The summed E-state index contributed by atoms with van der Waals surface area (Å²) in [5, 5.41) is 11.5. The number of halogens is 1. The van der Waals surface area contributed by atoms with Gasteiger partial charge < -0.3 is 15.4 Å². The molecule has 3 heterocycles. The minimum absolute atomic E-state index is 0. The minimum Gasteiger partial charge on any atom is -0.493 e. The smallest absolute Gasteiger partial charge is 0.191 e. The Labute approximate surface area is 201 Å². The van der Waals surface area contributed by atoms with E-state index in [1.54, 1.807) is 11.3 Å². The van der Waals surface area contributed by atoms with Gasteiger partial charge >= 0.3 is 0 Å². The molecule has 1 fully saturated rings. The molecular formula is C23H33IN4OS. The van der Waals surface area contributed by atoms with Crippen molar-refractivity contribution in [1.82, 2.24) is 15.5 Å². The Balaban J connectivity index is 0.00000256. The normalized spacial score (nSPS) is 20.0. The van der Waals surface area contributed by atoms with Gasteiger partial charge in [-0.3, -0.25) is 9.89 Å². The highest BCUT2D eigenvalue weighted by Gasteiger charge is 2.22. The van der Waals surface area contributed by atoms with Gasteiger partial charge in [-0.2, -0.15) is 11.3 Å². The quantitative estimate of drug-likeness (QED) is 0.323. The lowest BCUT2D eigenvalue weighted by molar-refractivity contribution is 0.198. The molecule has 0 spiro atoms. The largest absolute Gasteiger partial charge is 0.493 e. The molecule has 5 nitrogen and oxygen atoms in total. The molecule has 2 aliphatic rings. The van der Waals surface area contributed by atoms with Gasteiger partial charge in [0, 0.05) is 44.7 Å². The maximum absolute atomic E-state index is 5.79. The van der Waals surface area contributed by atoms with Crippen molar-refractivity contribution in [3.05, 3.63) is 52.2 Å². The monoisotopic (exact) mass is 540 g/mol. The Kier molecular flexibility index (Phi) is 9.27. The van der Waals surface area contributed by atoms with Gasteiger partial charge in [0.25, 0.3) is 0 Å². The fourth-order valence-electron chi connectivity index (χ4n) is 4.20. The summed E-state index contributed by atoms with van der Waals surface area (Å²) in [6.07, 6.45) is 3.35. The molecule has 1 unspecified atom stereocenters. The SMILES string of the molecule is CCNC(=NCC1CCOc2ccccc21)NC1CCN(Cc2ccsc2)CC1.I. The highest BCUT2D eigenvalue weighted by Crippen LogP contribution is 2.33. The molecule has 2 aromatic rings. The van der Waals surface area contributed by atoms with E-state index in [1.807, 2.05) is 6.07 Å². The van der Waals surface area contributed by atoms with Crippen molar-refractivity contribution in [1.29, 1.82) is 0 Å². The van der Waals surface area contributed by atoms with Gasteiger partial charge in [-0.25, -0.2) is 0 Å². The zero-order valence-corrected chi connectivity index (χ0v) is 20.8. The molecule has 1 atom stereocenters. The molecule has 0 aliphatic carbocycles. The number of aliphatic imine (C=N–C) groups is 1. The molecule has 30 heavy (non-hydrogen) atoms. The Morgan fingerprint density at radius 1 is 1.20 bits per heavy atom. The van der Waals surface area contributed by atoms with Gasteiger partial charge in [-0.05, 0) is 60.2 Å². The number of ether oxygens (including phenoxy) is 1. The topological polar surface area (TPSA) is 48.9 Å². The number of benzene rings is 1. The fraction of sp³-hybridized carbons (Fsp3) is 0.522. The highest BCUT2D eigenvalue weighted by molar-refractivity contribution is 14.0. The van der Waals surface area contributed by atoms with Crippen LogP contribution in [0.15, 0.2) is 46.1 Å². The van der Waals surface area contributed by atoms with E-state index in [0.29, 0.717) is 12.0 Å². The first-order valence-corrected chi connectivity index (χ1v) is 11.8. The van der Waals surface area contributed by atoms with E-state index in [1.165, 1.54) is 11.1 Å². The van der Waals surface area contributed by atoms with Crippen LogP contribution in [-0.2, 0) is 6.54 Å². The van der Waals surface area contributed by atoms with E-state index in [-0.39, 0.29) is 24.0 Å². The van der Waals surface area contributed by atoms with Crippen LogP contribution < -0.4 is 15.4 Å². The first-order chi connectivity index (χ1) is 14.3. The van der Waals surface area contributed by atoms with Gasteiger partial charge in [0.05, 0.1) is 6.61 Å². The van der Waals surface area contributed by atoms with Crippen LogP contribution in [0, 0.1) is 0 Å². The molecule has 0 bridgehead atoms. The van der Waals surface area contributed by atoms with Crippen molar-refractivity contribution in [2.45, 2.75) is 44.7 Å². The third-order valence-corrected chi connectivity index (χ3v) is 6.54. The van der Waals surface area contributed by atoms with E-state index in [4.69, 9.17) is 9.73 Å². The van der Waals surface area contributed by atoms with Crippen LogP contribution in [0.4, 0.5) is 0 Å². The average Bonchev–Trinajstić information content (AvgIpc) is 3.26. The van der Waals surface area contributed by atoms with E-state index < -0.39 is 0 Å². The summed E-state index contributed by atoms with van der Waals surface area (Å²) in [6, 6.07) is 11.1. The van der Waals surface area contributed by atoms with Crippen molar-refractivity contribution >= 4 is 41.3 Å². The molecule has 164 valence electrons. The Bertz CT molecular complexity index is 790. The molecule has 0 saturated carbocycles. The summed E-state index contributed by atoms with van der Waals surface area (Å²) >= 11 is 1.78. The summed E-state index contributed by atoms with van der Waals surface area (Å²) in [7, 11) is 0. The van der Waals surface area contributed by atoms with Gasteiger partial charge in [0.1, 0.15) is 5.75 Å².